The molecule has 0 aliphatic carbocycles. The number of carbonyl (C=O) groups excluding carboxylic acids is 1. The van der Waals surface area contributed by atoms with Crippen molar-refractivity contribution >= 4 is 55.2 Å². The van der Waals surface area contributed by atoms with E-state index < -0.39 is 33.6 Å². The van der Waals surface area contributed by atoms with E-state index in [0.29, 0.717) is 9.09 Å². The third kappa shape index (κ3) is 4.99. The van der Waals surface area contributed by atoms with Crippen LogP contribution in [0.3, 0.4) is 0 Å². The summed E-state index contributed by atoms with van der Waals surface area (Å²) >= 11 is 1.99. The van der Waals surface area contributed by atoms with Gasteiger partial charge in [0.05, 0.1) is 22.8 Å². The number of carbonyl (C=O) groups is 1. The van der Waals surface area contributed by atoms with Crippen LogP contribution in [0.4, 0.5) is 14.5 Å². The van der Waals surface area contributed by atoms with Crippen molar-refractivity contribution in [1.82, 2.24) is 15.3 Å². The predicted octanol–water partition coefficient (Wildman–Crippen LogP) is 4.80. The number of fused-ring (bicyclic) bond motifs is 1. The van der Waals surface area contributed by atoms with Gasteiger partial charge in [-0.05, 0) is 65.9 Å². The van der Waals surface area contributed by atoms with Crippen molar-refractivity contribution in [3.8, 4) is 0 Å². The van der Waals surface area contributed by atoms with Crippen molar-refractivity contribution < 1.29 is 22.0 Å². The number of hydrogen-bond donors (Lipinski definition) is 2. The summed E-state index contributed by atoms with van der Waals surface area (Å²) in [6, 6.07) is 11.5. The molecule has 0 radical (unpaired) electrons. The lowest BCUT2D eigenvalue weighted by Crippen LogP contribution is -2.28. The van der Waals surface area contributed by atoms with Crippen molar-refractivity contribution in [3.63, 3.8) is 0 Å². The monoisotopic (exact) mass is 594 g/mol. The van der Waals surface area contributed by atoms with Crippen LogP contribution in [-0.4, -0.2) is 24.3 Å². The molecule has 0 saturated carbocycles. The van der Waals surface area contributed by atoms with Crippen LogP contribution < -0.4 is 10.0 Å². The number of nitrogens with zero attached hydrogens (tertiary/aromatic N) is 2. The molecule has 1 aromatic heterocycles. The number of para-hydroxylation sites is 1. The van der Waals surface area contributed by atoms with Gasteiger partial charge in [-0.25, -0.2) is 17.2 Å². The van der Waals surface area contributed by atoms with E-state index in [2.05, 4.69) is 20.0 Å². The standard InChI is InChI=1S/C23H17F2IN4O3S/c1-13(16-7-5-14(24)11-18(16)25)29-23(31)17-8-6-15(26)12-20(17)30-34(32,33)21-4-2-3-19-22(21)28-10-9-27-19/h2-13,30H,1H3,(H,29,31)/t13-/m1/s1. The highest BCUT2D eigenvalue weighted by molar-refractivity contribution is 14.1. The molecule has 2 N–H and O–H groups in total. The second-order valence-electron chi connectivity index (χ2n) is 7.34. The Morgan fingerprint density at radius 3 is 2.56 bits per heavy atom. The zero-order chi connectivity index (χ0) is 24.5. The molecule has 174 valence electrons. The molecular formula is C23H17F2IN4O3S. The number of halogens is 3. The molecule has 0 aliphatic heterocycles. The zero-order valence-electron chi connectivity index (χ0n) is 17.6. The third-order valence-electron chi connectivity index (χ3n) is 5.00. The largest absolute Gasteiger partial charge is 0.345 e. The highest BCUT2D eigenvalue weighted by Crippen LogP contribution is 2.27. The molecule has 0 aliphatic rings. The van der Waals surface area contributed by atoms with Crippen LogP contribution >= 0.6 is 22.6 Å². The van der Waals surface area contributed by atoms with Gasteiger partial charge in [0, 0.05) is 27.6 Å². The fourth-order valence-corrected chi connectivity index (χ4v) is 5.12. The van der Waals surface area contributed by atoms with Crippen LogP contribution in [0.25, 0.3) is 11.0 Å². The van der Waals surface area contributed by atoms with Gasteiger partial charge in [-0.2, -0.15) is 0 Å². The van der Waals surface area contributed by atoms with Crippen molar-refractivity contribution in [2.24, 2.45) is 0 Å². The molecule has 4 aromatic rings. The summed E-state index contributed by atoms with van der Waals surface area (Å²) in [7, 11) is -4.14. The molecule has 11 heteroatoms. The number of amides is 1. The Bertz CT molecular complexity index is 1510. The fraction of sp³-hybridized carbons (Fsp3) is 0.0870. The van der Waals surface area contributed by atoms with Crippen LogP contribution in [0.5, 0.6) is 0 Å². The lowest BCUT2D eigenvalue weighted by atomic mass is 10.1. The molecule has 0 fully saturated rings. The maximum atomic E-state index is 14.1. The summed E-state index contributed by atoms with van der Waals surface area (Å²) in [5.41, 5.74) is 0.758. The Morgan fingerprint density at radius 1 is 1.03 bits per heavy atom. The molecule has 34 heavy (non-hydrogen) atoms. The van der Waals surface area contributed by atoms with Crippen LogP contribution in [-0.2, 0) is 10.0 Å². The van der Waals surface area contributed by atoms with E-state index in [1.165, 1.54) is 36.7 Å². The molecule has 1 heterocycles. The summed E-state index contributed by atoms with van der Waals surface area (Å²) in [6.45, 7) is 1.54. The summed E-state index contributed by atoms with van der Waals surface area (Å²) in [5, 5.41) is 2.63. The maximum absolute atomic E-state index is 14.1. The molecule has 0 bridgehead atoms. The quantitative estimate of drug-likeness (QED) is 0.313. The highest BCUT2D eigenvalue weighted by atomic mass is 127. The SMILES string of the molecule is C[C@@H](NC(=O)c1ccc(I)cc1NS(=O)(=O)c1cccc2nccnc12)c1ccc(F)cc1F. The van der Waals surface area contributed by atoms with E-state index in [1.54, 1.807) is 25.1 Å². The molecule has 3 aromatic carbocycles. The molecule has 1 atom stereocenters. The average molecular weight is 594 g/mol. The summed E-state index contributed by atoms with van der Waals surface area (Å²) in [5.74, 6) is -2.16. The highest BCUT2D eigenvalue weighted by Gasteiger charge is 2.23. The number of aromatic nitrogens is 2. The van der Waals surface area contributed by atoms with Crippen molar-refractivity contribution in [2.75, 3.05) is 4.72 Å². The van der Waals surface area contributed by atoms with Gasteiger partial charge in [0.1, 0.15) is 22.0 Å². The maximum Gasteiger partial charge on any atom is 0.264 e. The first-order chi connectivity index (χ1) is 16.2. The lowest BCUT2D eigenvalue weighted by molar-refractivity contribution is 0.0940. The number of hydrogen-bond acceptors (Lipinski definition) is 5. The molecule has 0 spiro atoms. The number of rotatable bonds is 6. The number of benzene rings is 3. The second kappa shape index (κ2) is 9.58. The molecule has 7 nitrogen and oxygen atoms in total. The molecular weight excluding hydrogens is 577 g/mol. The third-order valence-corrected chi connectivity index (χ3v) is 7.07. The number of nitrogens with one attached hydrogen (secondary N) is 2. The van der Waals surface area contributed by atoms with E-state index in [4.69, 9.17) is 0 Å². The summed E-state index contributed by atoms with van der Waals surface area (Å²) in [4.78, 5) is 21.2. The van der Waals surface area contributed by atoms with Gasteiger partial charge in [-0.3, -0.25) is 19.5 Å². The van der Waals surface area contributed by atoms with Gasteiger partial charge in [-0.1, -0.05) is 12.1 Å². The second-order valence-corrected chi connectivity index (χ2v) is 10.2. The first kappa shape index (κ1) is 24.0. The molecule has 0 saturated heterocycles. The predicted molar refractivity (Wildman–Crippen MR) is 132 cm³/mol. The van der Waals surface area contributed by atoms with Gasteiger partial charge in [0.15, 0.2) is 0 Å². The zero-order valence-corrected chi connectivity index (χ0v) is 20.6. The molecule has 0 unspecified atom stereocenters. The van der Waals surface area contributed by atoms with Crippen molar-refractivity contribution in [3.05, 3.63) is 93.3 Å². The van der Waals surface area contributed by atoms with Crippen LogP contribution in [0.1, 0.15) is 28.9 Å². The van der Waals surface area contributed by atoms with E-state index >= 15 is 0 Å². The Morgan fingerprint density at radius 2 is 1.79 bits per heavy atom. The van der Waals surface area contributed by atoms with E-state index in [0.717, 1.165) is 12.1 Å². The normalized spacial score (nSPS) is 12.4. The van der Waals surface area contributed by atoms with Gasteiger partial charge in [-0.15, -0.1) is 0 Å². The molecule has 4 rings (SSSR count). The summed E-state index contributed by atoms with van der Waals surface area (Å²) in [6.07, 6.45) is 2.85. The van der Waals surface area contributed by atoms with Crippen LogP contribution in [0.15, 0.2) is 71.9 Å². The Hall–Kier alpha value is -3.19. The fourth-order valence-electron chi connectivity index (χ4n) is 3.39. The first-order valence-electron chi connectivity index (χ1n) is 9.93. The number of sulfonamides is 1. The van der Waals surface area contributed by atoms with Crippen molar-refractivity contribution in [1.29, 1.82) is 0 Å². The van der Waals surface area contributed by atoms with Gasteiger partial charge < -0.3 is 5.32 Å². The van der Waals surface area contributed by atoms with Crippen LogP contribution in [0, 0.1) is 15.2 Å². The number of anilines is 1. The van der Waals surface area contributed by atoms with Gasteiger partial charge in [0.2, 0.25) is 0 Å². The van der Waals surface area contributed by atoms with E-state index in [9.17, 15) is 22.0 Å². The average Bonchev–Trinajstić information content (AvgIpc) is 2.78. The van der Waals surface area contributed by atoms with Gasteiger partial charge in [0.25, 0.3) is 15.9 Å². The minimum absolute atomic E-state index is 0.0321. The van der Waals surface area contributed by atoms with Gasteiger partial charge >= 0.3 is 0 Å². The van der Waals surface area contributed by atoms with Crippen LogP contribution in [0.2, 0.25) is 0 Å². The minimum Gasteiger partial charge on any atom is -0.345 e. The van der Waals surface area contributed by atoms with E-state index in [-0.39, 0.29) is 27.2 Å². The topological polar surface area (TPSA) is 101 Å². The first-order valence-corrected chi connectivity index (χ1v) is 12.5. The smallest absolute Gasteiger partial charge is 0.264 e. The lowest BCUT2D eigenvalue weighted by Gasteiger charge is -2.18. The Balaban J connectivity index is 1.66. The molecule has 1 amide bonds. The minimum atomic E-state index is -4.14. The van der Waals surface area contributed by atoms with E-state index in [1.807, 2.05) is 22.6 Å². The summed E-state index contributed by atoms with van der Waals surface area (Å²) < 4.78 is 56.9. The van der Waals surface area contributed by atoms with Crippen molar-refractivity contribution in [2.45, 2.75) is 17.9 Å². The Kier molecular flexibility index (Phi) is 6.75. The Labute approximate surface area is 207 Å².